The van der Waals surface area contributed by atoms with Crippen LogP contribution >= 0.6 is 11.6 Å². The Hall–Kier alpha value is -2.43. The molecule has 1 aliphatic heterocycles. The number of alkyl halides is 2. The number of hydrogen-bond donors (Lipinski definition) is 1. The Morgan fingerprint density at radius 2 is 1.83 bits per heavy atom. The molecule has 2 aromatic rings. The van der Waals surface area contributed by atoms with Crippen LogP contribution in [0, 0.1) is 0 Å². The highest BCUT2D eigenvalue weighted by atomic mass is 35.5. The lowest BCUT2D eigenvalue weighted by molar-refractivity contribution is -0.0511. The van der Waals surface area contributed by atoms with E-state index in [1.807, 2.05) is 0 Å². The number of benzene rings is 2. The standard InChI is InChI=1S/C19H19ClF2N2O5S/c1-28-16-7-4-12(10-17(16)29-19(21)22)23-18(25)14-11-13(5-6-15(14)20)30(26,27)24-8-2-3-9-24/h4-7,10-11,19H,2-3,8-9H2,1H3,(H,23,25). The van der Waals surface area contributed by atoms with Crippen molar-refractivity contribution in [3.8, 4) is 11.5 Å². The van der Waals surface area contributed by atoms with Crippen LogP contribution < -0.4 is 14.8 Å². The van der Waals surface area contributed by atoms with Crippen molar-refractivity contribution < 1.29 is 31.5 Å². The molecule has 1 saturated heterocycles. The fraction of sp³-hybridized carbons (Fsp3) is 0.316. The normalized spacial score (nSPS) is 14.7. The predicted molar refractivity (Wildman–Crippen MR) is 107 cm³/mol. The highest BCUT2D eigenvalue weighted by Gasteiger charge is 2.28. The summed E-state index contributed by atoms with van der Waals surface area (Å²) in [5.74, 6) is -0.904. The highest BCUT2D eigenvalue weighted by Crippen LogP contribution is 2.32. The lowest BCUT2D eigenvalue weighted by atomic mass is 10.2. The second-order valence-corrected chi connectivity index (χ2v) is 8.80. The van der Waals surface area contributed by atoms with Crippen molar-refractivity contribution in [2.75, 3.05) is 25.5 Å². The SMILES string of the molecule is COc1ccc(NC(=O)c2cc(S(=O)(=O)N3CCCC3)ccc2Cl)cc1OC(F)F. The molecule has 0 saturated carbocycles. The van der Waals surface area contributed by atoms with Crippen LogP contribution in [0.25, 0.3) is 0 Å². The van der Waals surface area contributed by atoms with Gasteiger partial charge >= 0.3 is 6.61 Å². The first-order chi connectivity index (χ1) is 14.2. The fourth-order valence-electron chi connectivity index (χ4n) is 3.06. The molecule has 1 aliphatic rings. The first-order valence-electron chi connectivity index (χ1n) is 8.96. The van der Waals surface area contributed by atoms with Gasteiger partial charge in [0, 0.05) is 24.8 Å². The van der Waals surface area contributed by atoms with Gasteiger partial charge in [-0.15, -0.1) is 0 Å². The maximum Gasteiger partial charge on any atom is 0.387 e. The van der Waals surface area contributed by atoms with E-state index >= 15 is 0 Å². The van der Waals surface area contributed by atoms with Gasteiger partial charge in [0.05, 0.1) is 22.6 Å². The monoisotopic (exact) mass is 460 g/mol. The van der Waals surface area contributed by atoms with Crippen LogP contribution in [0.1, 0.15) is 23.2 Å². The van der Waals surface area contributed by atoms with Crippen molar-refractivity contribution in [1.82, 2.24) is 4.31 Å². The lowest BCUT2D eigenvalue weighted by Gasteiger charge is -2.16. The molecule has 0 spiro atoms. The molecule has 162 valence electrons. The number of halogens is 3. The first-order valence-corrected chi connectivity index (χ1v) is 10.8. The summed E-state index contributed by atoms with van der Waals surface area (Å²) in [4.78, 5) is 12.7. The molecule has 0 aliphatic carbocycles. The van der Waals surface area contributed by atoms with Gasteiger partial charge in [0.1, 0.15) is 0 Å². The van der Waals surface area contributed by atoms with Crippen LogP contribution in [-0.4, -0.2) is 45.4 Å². The average Bonchev–Trinajstić information content (AvgIpc) is 3.23. The Bertz CT molecular complexity index is 1040. The number of nitrogens with zero attached hydrogens (tertiary/aromatic N) is 1. The Balaban J connectivity index is 1.87. The quantitative estimate of drug-likeness (QED) is 0.675. The second kappa shape index (κ2) is 9.15. The molecule has 0 aromatic heterocycles. The lowest BCUT2D eigenvalue weighted by Crippen LogP contribution is -2.28. The molecule has 0 unspecified atom stereocenters. The zero-order valence-electron chi connectivity index (χ0n) is 15.9. The van der Waals surface area contributed by atoms with Crippen LogP contribution in [0.15, 0.2) is 41.3 Å². The highest BCUT2D eigenvalue weighted by molar-refractivity contribution is 7.89. The maximum atomic E-state index is 12.7. The molecule has 0 radical (unpaired) electrons. The Morgan fingerprint density at radius 1 is 1.13 bits per heavy atom. The summed E-state index contributed by atoms with van der Waals surface area (Å²) in [5.41, 5.74) is 0.0735. The minimum Gasteiger partial charge on any atom is -0.493 e. The third kappa shape index (κ3) is 4.82. The van der Waals surface area contributed by atoms with Gasteiger partial charge in [-0.1, -0.05) is 11.6 Å². The molecule has 3 rings (SSSR count). The molecule has 1 fully saturated rings. The van der Waals surface area contributed by atoms with Gasteiger partial charge in [0.25, 0.3) is 5.91 Å². The van der Waals surface area contributed by atoms with E-state index in [9.17, 15) is 22.0 Å². The largest absolute Gasteiger partial charge is 0.493 e. The van der Waals surface area contributed by atoms with Gasteiger partial charge < -0.3 is 14.8 Å². The molecular formula is C19H19ClF2N2O5S. The predicted octanol–water partition coefficient (Wildman–Crippen LogP) is 3.99. The van der Waals surface area contributed by atoms with E-state index in [-0.39, 0.29) is 32.7 Å². The number of sulfonamides is 1. The molecule has 0 bridgehead atoms. The number of nitrogens with one attached hydrogen (secondary N) is 1. The molecule has 0 atom stereocenters. The average molecular weight is 461 g/mol. The molecule has 1 amide bonds. The summed E-state index contributed by atoms with van der Waals surface area (Å²) in [7, 11) is -2.45. The van der Waals surface area contributed by atoms with Crippen LogP contribution in [-0.2, 0) is 10.0 Å². The van der Waals surface area contributed by atoms with Gasteiger partial charge in [0.2, 0.25) is 10.0 Å². The molecule has 2 aromatic carbocycles. The summed E-state index contributed by atoms with van der Waals surface area (Å²) in [5, 5.41) is 2.55. The molecule has 1 heterocycles. The smallest absolute Gasteiger partial charge is 0.387 e. The third-order valence-electron chi connectivity index (χ3n) is 4.52. The van der Waals surface area contributed by atoms with E-state index in [2.05, 4.69) is 10.1 Å². The fourth-order valence-corrected chi connectivity index (χ4v) is 4.80. The van der Waals surface area contributed by atoms with E-state index in [0.717, 1.165) is 12.8 Å². The van der Waals surface area contributed by atoms with Gasteiger partial charge in [-0.3, -0.25) is 4.79 Å². The molecule has 1 N–H and O–H groups in total. The van der Waals surface area contributed by atoms with Crippen molar-refractivity contribution in [3.63, 3.8) is 0 Å². The van der Waals surface area contributed by atoms with Gasteiger partial charge in [-0.25, -0.2) is 8.42 Å². The van der Waals surface area contributed by atoms with Crippen LogP contribution in [0.5, 0.6) is 11.5 Å². The van der Waals surface area contributed by atoms with E-state index in [0.29, 0.717) is 13.1 Å². The topological polar surface area (TPSA) is 84.9 Å². The van der Waals surface area contributed by atoms with Gasteiger partial charge in [-0.05, 0) is 43.2 Å². The zero-order chi connectivity index (χ0) is 21.9. The van der Waals surface area contributed by atoms with Crippen LogP contribution in [0.2, 0.25) is 5.02 Å². The molecule has 7 nitrogen and oxygen atoms in total. The van der Waals surface area contributed by atoms with E-state index in [1.54, 1.807) is 0 Å². The zero-order valence-corrected chi connectivity index (χ0v) is 17.5. The van der Waals surface area contributed by atoms with Crippen molar-refractivity contribution in [3.05, 3.63) is 47.0 Å². The summed E-state index contributed by atoms with van der Waals surface area (Å²) < 4.78 is 61.4. The number of carbonyl (C=O) groups excluding carboxylic acids is 1. The summed E-state index contributed by atoms with van der Waals surface area (Å²) in [6.07, 6.45) is 1.56. The number of anilines is 1. The minimum atomic E-state index is -3.74. The first kappa shape index (κ1) is 22.3. The number of ether oxygens (including phenoxy) is 2. The molecular weight excluding hydrogens is 442 g/mol. The van der Waals surface area contributed by atoms with E-state index in [1.165, 1.54) is 47.8 Å². The van der Waals surface area contributed by atoms with Gasteiger partial charge in [0.15, 0.2) is 11.5 Å². The Kier molecular flexibility index (Phi) is 6.79. The number of amides is 1. The number of carbonyl (C=O) groups is 1. The van der Waals surface area contributed by atoms with Crippen molar-refractivity contribution in [2.24, 2.45) is 0 Å². The van der Waals surface area contributed by atoms with Gasteiger partial charge in [-0.2, -0.15) is 13.1 Å². The summed E-state index contributed by atoms with van der Waals surface area (Å²) in [6.45, 7) is -2.23. The number of methoxy groups -OCH3 is 1. The molecule has 30 heavy (non-hydrogen) atoms. The van der Waals surface area contributed by atoms with Crippen LogP contribution in [0.3, 0.4) is 0 Å². The summed E-state index contributed by atoms with van der Waals surface area (Å²) >= 11 is 6.10. The Labute approximate surface area is 177 Å². The second-order valence-electron chi connectivity index (χ2n) is 6.45. The van der Waals surface area contributed by atoms with Crippen molar-refractivity contribution in [2.45, 2.75) is 24.3 Å². The van der Waals surface area contributed by atoms with Crippen molar-refractivity contribution in [1.29, 1.82) is 0 Å². The number of hydrogen-bond acceptors (Lipinski definition) is 5. The van der Waals surface area contributed by atoms with Crippen LogP contribution in [0.4, 0.5) is 14.5 Å². The number of rotatable bonds is 7. The van der Waals surface area contributed by atoms with Crippen molar-refractivity contribution >= 4 is 33.2 Å². The maximum absolute atomic E-state index is 12.7. The molecule has 11 heteroatoms. The third-order valence-corrected chi connectivity index (χ3v) is 6.75. The Morgan fingerprint density at radius 3 is 2.47 bits per heavy atom. The minimum absolute atomic E-state index is 0.0459. The summed E-state index contributed by atoms with van der Waals surface area (Å²) in [6, 6.07) is 7.82. The van der Waals surface area contributed by atoms with E-state index < -0.39 is 22.5 Å². The van der Waals surface area contributed by atoms with E-state index in [4.69, 9.17) is 16.3 Å².